The lowest BCUT2D eigenvalue weighted by Crippen LogP contribution is -2.51. The average molecular weight is 235 g/mol. The molecule has 4 nitrogen and oxygen atoms in total. The molecule has 1 aromatic carbocycles. The summed E-state index contributed by atoms with van der Waals surface area (Å²) in [7, 11) is 0. The Balaban J connectivity index is 1.70. The van der Waals surface area contributed by atoms with Gasteiger partial charge in [-0.05, 0) is 6.42 Å². The molecule has 92 valence electrons. The van der Waals surface area contributed by atoms with Gasteiger partial charge in [0.1, 0.15) is 6.10 Å². The molecule has 0 radical (unpaired) electrons. The summed E-state index contributed by atoms with van der Waals surface area (Å²) >= 11 is 0. The minimum absolute atomic E-state index is 0.0368. The predicted molar refractivity (Wildman–Crippen MR) is 62.3 cm³/mol. The van der Waals surface area contributed by atoms with Crippen LogP contribution in [0.4, 0.5) is 0 Å². The van der Waals surface area contributed by atoms with Crippen LogP contribution in [0.5, 0.6) is 0 Å². The van der Waals surface area contributed by atoms with Crippen LogP contribution in [-0.2, 0) is 14.2 Å². The van der Waals surface area contributed by atoms with E-state index in [-0.39, 0.29) is 24.5 Å². The zero-order valence-electron chi connectivity index (χ0n) is 9.62. The van der Waals surface area contributed by atoms with Gasteiger partial charge in [0.2, 0.25) is 0 Å². The van der Waals surface area contributed by atoms with E-state index in [1.54, 1.807) is 0 Å². The SMILES string of the molecule is N[C@@H]1CO[C@@H]2COC(c3ccccc3)O[C@H]2C1. The fraction of sp³-hybridized carbons (Fsp3) is 0.538. The Bertz CT molecular complexity index is 370. The Kier molecular flexibility index (Phi) is 3.11. The maximum atomic E-state index is 5.92. The van der Waals surface area contributed by atoms with Crippen molar-refractivity contribution in [2.24, 2.45) is 5.73 Å². The van der Waals surface area contributed by atoms with Crippen LogP contribution < -0.4 is 5.73 Å². The zero-order chi connectivity index (χ0) is 11.7. The first kappa shape index (κ1) is 11.2. The highest BCUT2D eigenvalue weighted by atomic mass is 16.7. The molecule has 4 atom stereocenters. The molecule has 1 unspecified atom stereocenters. The van der Waals surface area contributed by atoms with E-state index < -0.39 is 0 Å². The topological polar surface area (TPSA) is 53.7 Å². The Morgan fingerprint density at radius 3 is 2.65 bits per heavy atom. The molecule has 2 fully saturated rings. The molecule has 2 heterocycles. The predicted octanol–water partition coefficient (Wildman–Crippen LogP) is 1.22. The fourth-order valence-electron chi connectivity index (χ4n) is 2.34. The van der Waals surface area contributed by atoms with Crippen molar-refractivity contribution in [3.8, 4) is 0 Å². The lowest BCUT2D eigenvalue weighted by atomic mass is 10.0. The van der Waals surface area contributed by atoms with Gasteiger partial charge < -0.3 is 19.9 Å². The molecule has 0 amide bonds. The van der Waals surface area contributed by atoms with Gasteiger partial charge in [0.15, 0.2) is 6.29 Å². The first-order valence-electron chi connectivity index (χ1n) is 6.02. The normalized spacial score (nSPS) is 37.5. The molecule has 2 N–H and O–H groups in total. The lowest BCUT2D eigenvalue weighted by Gasteiger charge is -2.41. The number of hydrogen-bond acceptors (Lipinski definition) is 4. The fourth-order valence-corrected chi connectivity index (χ4v) is 2.34. The van der Waals surface area contributed by atoms with Crippen molar-refractivity contribution in [1.29, 1.82) is 0 Å². The van der Waals surface area contributed by atoms with Gasteiger partial charge in [0, 0.05) is 11.6 Å². The summed E-state index contributed by atoms with van der Waals surface area (Å²) in [6, 6.07) is 10.0. The van der Waals surface area contributed by atoms with Gasteiger partial charge in [-0.1, -0.05) is 30.3 Å². The van der Waals surface area contributed by atoms with Crippen LogP contribution in [0.3, 0.4) is 0 Å². The molecule has 0 bridgehead atoms. The average Bonchev–Trinajstić information content (AvgIpc) is 2.39. The minimum Gasteiger partial charge on any atom is -0.371 e. The Hall–Kier alpha value is -0.940. The molecule has 4 heteroatoms. The van der Waals surface area contributed by atoms with E-state index in [2.05, 4.69) is 0 Å². The van der Waals surface area contributed by atoms with Gasteiger partial charge in [0.05, 0.1) is 19.3 Å². The maximum Gasteiger partial charge on any atom is 0.184 e. The molecule has 2 aliphatic rings. The summed E-state index contributed by atoms with van der Waals surface area (Å²) < 4.78 is 17.2. The van der Waals surface area contributed by atoms with Gasteiger partial charge in [-0.3, -0.25) is 0 Å². The van der Waals surface area contributed by atoms with Crippen molar-refractivity contribution in [1.82, 2.24) is 0 Å². The second-order valence-electron chi connectivity index (χ2n) is 4.62. The summed E-state index contributed by atoms with van der Waals surface area (Å²) in [4.78, 5) is 0. The highest BCUT2D eigenvalue weighted by molar-refractivity contribution is 5.16. The highest BCUT2D eigenvalue weighted by Crippen LogP contribution is 2.31. The van der Waals surface area contributed by atoms with E-state index in [9.17, 15) is 0 Å². The van der Waals surface area contributed by atoms with Crippen LogP contribution in [0, 0.1) is 0 Å². The molecule has 2 saturated heterocycles. The molecule has 2 aliphatic heterocycles. The summed E-state index contributed by atoms with van der Waals surface area (Å²) in [5.74, 6) is 0. The minimum atomic E-state index is -0.286. The molecule has 1 aromatic rings. The molecular formula is C13H17NO3. The van der Waals surface area contributed by atoms with E-state index in [0.29, 0.717) is 13.2 Å². The summed E-state index contributed by atoms with van der Waals surface area (Å²) in [5.41, 5.74) is 6.93. The third kappa shape index (κ3) is 2.35. The van der Waals surface area contributed by atoms with Gasteiger partial charge >= 0.3 is 0 Å². The molecule has 0 aliphatic carbocycles. The molecule has 0 saturated carbocycles. The van der Waals surface area contributed by atoms with Crippen molar-refractivity contribution < 1.29 is 14.2 Å². The largest absolute Gasteiger partial charge is 0.371 e. The van der Waals surface area contributed by atoms with E-state index in [1.165, 1.54) is 0 Å². The summed E-state index contributed by atoms with van der Waals surface area (Å²) in [6.45, 7) is 1.18. The molecule has 3 rings (SSSR count). The number of hydrogen-bond donors (Lipinski definition) is 1. The Labute approximate surface area is 101 Å². The quantitative estimate of drug-likeness (QED) is 0.795. The van der Waals surface area contributed by atoms with Gasteiger partial charge in [0.25, 0.3) is 0 Å². The second kappa shape index (κ2) is 4.74. The monoisotopic (exact) mass is 235 g/mol. The van der Waals surface area contributed by atoms with E-state index in [1.807, 2.05) is 30.3 Å². The molecule has 17 heavy (non-hydrogen) atoms. The van der Waals surface area contributed by atoms with Crippen molar-refractivity contribution in [3.05, 3.63) is 35.9 Å². The maximum absolute atomic E-state index is 5.92. The van der Waals surface area contributed by atoms with Crippen LogP contribution in [0.1, 0.15) is 18.3 Å². The first-order chi connectivity index (χ1) is 8.33. The van der Waals surface area contributed by atoms with Gasteiger partial charge in [-0.2, -0.15) is 0 Å². The molecular weight excluding hydrogens is 218 g/mol. The summed E-state index contributed by atoms with van der Waals surface area (Å²) in [6.07, 6.45) is 0.649. The zero-order valence-corrected chi connectivity index (χ0v) is 9.62. The second-order valence-corrected chi connectivity index (χ2v) is 4.62. The number of nitrogens with two attached hydrogens (primary N) is 1. The third-order valence-corrected chi connectivity index (χ3v) is 3.26. The molecule has 0 spiro atoms. The van der Waals surface area contributed by atoms with Crippen LogP contribution in [0.15, 0.2) is 30.3 Å². The van der Waals surface area contributed by atoms with E-state index in [4.69, 9.17) is 19.9 Å². The van der Waals surface area contributed by atoms with Crippen LogP contribution >= 0.6 is 0 Å². The van der Waals surface area contributed by atoms with Crippen LogP contribution in [0.25, 0.3) is 0 Å². The number of ether oxygens (including phenoxy) is 3. The third-order valence-electron chi connectivity index (χ3n) is 3.26. The smallest absolute Gasteiger partial charge is 0.184 e. The van der Waals surface area contributed by atoms with Crippen molar-refractivity contribution in [2.75, 3.05) is 13.2 Å². The van der Waals surface area contributed by atoms with Crippen molar-refractivity contribution in [2.45, 2.75) is 31.0 Å². The standard InChI is InChI=1S/C13H17NO3/c14-10-6-11-12(15-7-10)8-16-13(17-11)9-4-2-1-3-5-9/h1-5,10-13H,6-8,14H2/t10-,11-,12+,13?/m0/s1. The summed E-state index contributed by atoms with van der Waals surface area (Å²) in [5, 5.41) is 0. The number of benzene rings is 1. The Morgan fingerprint density at radius 2 is 1.82 bits per heavy atom. The van der Waals surface area contributed by atoms with Crippen LogP contribution in [-0.4, -0.2) is 31.5 Å². The highest BCUT2D eigenvalue weighted by Gasteiger charge is 2.37. The van der Waals surface area contributed by atoms with E-state index >= 15 is 0 Å². The van der Waals surface area contributed by atoms with Gasteiger partial charge in [-0.15, -0.1) is 0 Å². The number of rotatable bonds is 1. The van der Waals surface area contributed by atoms with Crippen molar-refractivity contribution >= 4 is 0 Å². The lowest BCUT2D eigenvalue weighted by molar-refractivity contribution is -0.279. The van der Waals surface area contributed by atoms with Crippen LogP contribution in [0.2, 0.25) is 0 Å². The molecule has 0 aromatic heterocycles. The number of fused-ring (bicyclic) bond motifs is 1. The first-order valence-corrected chi connectivity index (χ1v) is 6.02. The van der Waals surface area contributed by atoms with Gasteiger partial charge in [-0.25, -0.2) is 0 Å². The van der Waals surface area contributed by atoms with E-state index in [0.717, 1.165) is 12.0 Å². The van der Waals surface area contributed by atoms with Crippen molar-refractivity contribution in [3.63, 3.8) is 0 Å². The Morgan fingerprint density at radius 1 is 1.00 bits per heavy atom.